The molecule has 18 heteroatoms. The molecule has 0 aliphatic carbocycles. The lowest BCUT2D eigenvalue weighted by atomic mass is 9.93. The van der Waals surface area contributed by atoms with Crippen molar-refractivity contribution in [1.82, 2.24) is 34.2 Å². The monoisotopic (exact) mass is 745 g/mol. The van der Waals surface area contributed by atoms with E-state index in [0.29, 0.717) is 25.2 Å². The number of sulfonamides is 1. The Kier molecular flexibility index (Phi) is 10.9. The van der Waals surface area contributed by atoms with Gasteiger partial charge in [-0.1, -0.05) is 11.6 Å². The van der Waals surface area contributed by atoms with Crippen LogP contribution in [0.15, 0.2) is 35.5 Å². The Balaban J connectivity index is 1.35. The second-order valence-electron chi connectivity index (χ2n) is 14.6. The highest BCUT2D eigenvalue weighted by Crippen LogP contribution is 2.38. The summed E-state index contributed by atoms with van der Waals surface area (Å²) in [6.07, 6.45) is -0.000921. The van der Waals surface area contributed by atoms with Crippen molar-refractivity contribution in [2.45, 2.75) is 103 Å². The SMILES string of the molecule is Cc1c(S(=O)(=O)NC(=O)c2ccc(-n3ccc(OCC(C)(C)C(F)(F)F)n3)nc2Cl)cnn1CCCC1CN(C(=O)OC(C)(C)C)C(C)(C)C1. The zero-order valence-electron chi connectivity index (χ0n) is 29.3. The van der Waals surface area contributed by atoms with Gasteiger partial charge in [-0.25, -0.2) is 27.6 Å². The van der Waals surface area contributed by atoms with Gasteiger partial charge < -0.3 is 14.4 Å². The van der Waals surface area contributed by atoms with Crippen molar-refractivity contribution in [1.29, 1.82) is 0 Å². The fourth-order valence-electron chi connectivity index (χ4n) is 5.47. The van der Waals surface area contributed by atoms with Crippen molar-refractivity contribution in [3.05, 3.63) is 47.0 Å². The van der Waals surface area contributed by atoms with Crippen LogP contribution in [0, 0.1) is 18.3 Å². The maximum atomic E-state index is 13.2. The Morgan fingerprint density at radius 3 is 2.42 bits per heavy atom. The number of carbonyl (C=O) groups excluding carboxylic acids is 2. The number of amides is 2. The van der Waals surface area contributed by atoms with Crippen LogP contribution in [0.4, 0.5) is 18.0 Å². The van der Waals surface area contributed by atoms with Crippen molar-refractivity contribution in [3.63, 3.8) is 0 Å². The third kappa shape index (κ3) is 9.08. The van der Waals surface area contributed by atoms with Gasteiger partial charge in [-0.15, -0.1) is 5.10 Å². The van der Waals surface area contributed by atoms with E-state index in [1.54, 1.807) is 16.5 Å². The fraction of sp³-hybridized carbons (Fsp3) is 0.594. The number of rotatable bonds is 11. The van der Waals surface area contributed by atoms with Crippen LogP contribution in [-0.4, -0.2) is 80.3 Å². The zero-order chi connectivity index (χ0) is 37.4. The number of aromatic nitrogens is 5. The number of pyridine rings is 1. The zero-order valence-corrected chi connectivity index (χ0v) is 30.8. The summed E-state index contributed by atoms with van der Waals surface area (Å²) in [6, 6.07) is 3.92. The highest BCUT2D eigenvalue weighted by Gasteiger charge is 2.48. The fourth-order valence-corrected chi connectivity index (χ4v) is 6.85. The molecular formula is C32H43ClF3N7O6S. The Bertz CT molecular complexity index is 1830. The molecule has 0 radical (unpaired) electrons. The van der Waals surface area contributed by atoms with Crippen molar-refractivity contribution < 1.29 is 40.7 Å². The van der Waals surface area contributed by atoms with Crippen LogP contribution in [-0.2, 0) is 21.3 Å². The highest BCUT2D eigenvalue weighted by atomic mass is 35.5. The second kappa shape index (κ2) is 14.0. The van der Waals surface area contributed by atoms with Gasteiger partial charge >= 0.3 is 12.3 Å². The van der Waals surface area contributed by atoms with E-state index < -0.39 is 39.7 Å². The third-order valence-corrected chi connectivity index (χ3v) is 10.1. The Labute approximate surface area is 294 Å². The van der Waals surface area contributed by atoms with Crippen LogP contribution < -0.4 is 9.46 Å². The largest absolute Gasteiger partial charge is 0.476 e. The van der Waals surface area contributed by atoms with Crippen LogP contribution in [0.2, 0.25) is 5.15 Å². The van der Waals surface area contributed by atoms with Crippen LogP contribution >= 0.6 is 11.6 Å². The molecule has 1 aliphatic rings. The molecule has 1 N–H and O–H groups in total. The average molecular weight is 746 g/mol. The minimum atomic E-state index is -4.48. The van der Waals surface area contributed by atoms with Crippen LogP contribution in [0.5, 0.6) is 5.88 Å². The quantitative estimate of drug-likeness (QED) is 0.222. The summed E-state index contributed by atoms with van der Waals surface area (Å²) in [7, 11) is -4.35. The maximum absolute atomic E-state index is 13.2. The minimum absolute atomic E-state index is 0.0867. The van der Waals surface area contributed by atoms with E-state index in [0.717, 1.165) is 26.7 Å². The lowest BCUT2D eigenvalue weighted by molar-refractivity contribution is -0.219. The molecule has 2 amide bonds. The van der Waals surface area contributed by atoms with Crippen LogP contribution in [0.1, 0.15) is 83.8 Å². The first kappa shape index (κ1) is 38.9. The summed E-state index contributed by atoms with van der Waals surface area (Å²) < 4.78 is 81.3. The number of hydrogen-bond acceptors (Lipinski definition) is 9. The van der Waals surface area contributed by atoms with Gasteiger partial charge in [-0.3, -0.25) is 9.48 Å². The van der Waals surface area contributed by atoms with Gasteiger partial charge in [0.05, 0.1) is 22.9 Å². The first-order valence-corrected chi connectivity index (χ1v) is 17.8. The number of hydrogen-bond donors (Lipinski definition) is 1. The van der Waals surface area contributed by atoms with Gasteiger partial charge in [0.2, 0.25) is 5.88 Å². The van der Waals surface area contributed by atoms with Gasteiger partial charge in [0.1, 0.15) is 22.3 Å². The summed E-state index contributed by atoms with van der Waals surface area (Å²) >= 11 is 6.24. The van der Waals surface area contributed by atoms with Crippen molar-refractivity contribution in [2.75, 3.05) is 13.2 Å². The van der Waals surface area contributed by atoms with Crippen LogP contribution in [0.3, 0.4) is 0 Å². The molecule has 0 spiro atoms. The molecule has 0 saturated carbocycles. The van der Waals surface area contributed by atoms with Gasteiger partial charge in [0, 0.05) is 30.9 Å². The van der Waals surface area contributed by atoms with Gasteiger partial charge in [-0.2, -0.15) is 18.3 Å². The summed E-state index contributed by atoms with van der Waals surface area (Å²) in [5.41, 5.74) is -2.96. The molecule has 0 aromatic carbocycles. The third-order valence-electron chi connectivity index (χ3n) is 8.36. The topological polar surface area (TPSA) is 151 Å². The highest BCUT2D eigenvalue weighted by molar-refractivity contribution is 7.90. The van der Waals surface area contributed by atoms with E-state index >= 15 is 0 Å². The summed E-state index contributed by atoms with van der Waals surface area (Å²) in [4.78, 5) is 31.4. The molecule has 1 atom stereocenters. The van der Waals surface area contributed by atoms with Crippen molar-refractivity contribution in [3.8, 4) is 11.7 Å². The van der Waals surface area contributed by atoms with E-state index in [1.807, 2.05) is 39.3 Å². The molecule has 1 aliphatic heterocycles. The number of nitrogens with zero attached hydrogens (tertiary/aromatic N) is 6. The standard InChI is InChI=1S/C32H43ClF3N7O6S/c1-20-23(17-37-42(20)14-9-10-21-16-31(7,8)41(18-21)28(45)49-29(2,3)4)50(46,47)40-27(44)22-11-12-24(38-26(22)33)43-15-13-25(39-43)48-19-30(5,6)32(34,35)36/h11-13,15,17,21H,9-10,14,16,18-19H2,1-8H3,(H,40,44). The smallest absolute Gasteiger partial charge is 0.410 e. The molecule has 0 bridgehead atoms. The van der Waals surface area contributed by atoms with Gasteiger partial charge in [-0.05, 0) is 92.7 Å². The number of ether oxygens (including phenoxy) is 2. The number of nitrogens with one attached hydrogen (secondary N) is 1. The van der Waals surface area contributed by atoms with Crippen molar-refractivity contribution >= 4 is 33.6 Å². The summed E-state index contributed by atoms with van der Waals surface area (Å²) in [6.45, 7) is 13.4. The first-order valence-electron chi connectivity index (χ1n) is 15.9. The van der Waals surface area contributed by atoms with E-state index in [2.05, 4.69) is 15.2 Å². The predicted molar refractivity (Wildman–Crippen MR) is 178 cm³/mol. The predicted octanol–water partition coefficient (Wildman–Crippen LogP) is 6.33. The Morgan fingerprint density at radius 2 is 1.80 bits per heavy atom. The normalized spacial score (nSPS) is 16.8. The van der Waals surface area contributed by atoms with E-state index in [9.17, 15) is 31.2 Å². The number of likely N-dealkylation sites (tertiary alicyclic amines) is 1. The molecule has 3 aromatic heterocycles. The molecule has 13 nitrogen and oxygen atoms in total. The Hall–Kier alpha value is -3.86. The van der Waals surface area contributed by atoms with Crippen molar-refractivity contribution in [2.24, 2.45) is 11.3 Å². The average Bonchev–Trinajstić information content (AvgIpc) is 3.67. The van der Waals surface area contributed by atoms with E-state index in [1.165, 1.54) is 35.3 Å². The lowest BCUT2D eigenvalue weighted by Gasteiger charge is -2.33. The lowest BCUT2D eigenvalue weighted by Crippen LogP contribution is -2.45. The summed E-state index contributed by atoms with van der Waals surface area (Å²) in [5.74, 6) is -0.773. The maximum Gasteiger partial charge on any atom is 0.410 e. The number of halogens is 4. The molecule has 276 valence electrons. The first-order chi connectivity index (χ1) is 22.9. The molecule has 3 aromatic rings. The molecular weight excluding hydrogens is 703 g/mol. The van der Waals surface area contributed by atoms with E-state index in [4.69, 9.17) is 21.1 Å². The van der Waals surface area contributed by atoms with Gasteiger partial charge in [0.25, 0.3) is 15.9 Å². The minimum Gasteiger partial charge on any atom is -0.476 e. The van der Waals surface area contributed by atoms with Crippen LogP contribution in [0.25, 0.3) is 5.82 Å². The molecule has 1 unspecified atom stereocenters. The Morgan fingerprint density at radius 1 is 1.12 bits per heavy atom. The second-order valence-corrected chi connectivity index (χ2v) is 16.7. The summed E-state index contributed by atoms with van der Waals surface area (Å²) in [5, 5.41) is 7.94. The number of aryl methyl sites for hydroxylation is 1. The van der Waals surface area contributed by atoms with E-state index in [-0.39, 0.29) is 44.9 Å². The molecule has 4 heterocycles. The molecule has 1 fully saturated rings. The molecule has 50 heavy (non-hydrogen) atoms. The number of alkyl halides is 3. The molecule has 4 rings (SSSR count). The molecule has 1 saturated heterocycles. The number of carbonyl (C=O) groups is 2. The van der Waals surface area contributed by atoms with Gasteiger partial charge in [0.15, 0.2) is 5.82 Å².